The molecule has 0 aromatic carbocycles. The van der Waals surface area contributed by atoms with E-state index < -0.39 is 17.2 Å². The number of aliphatic hydroxyl groups is 1. The molecule has 0 saturated carbocycles. The molecule has 5 heteroatoms. The molecule has 2 unspecified atom stereocenters. The summed E-state index contributed by atoms with van der Waals surface area (Å²) in [7, 11) is 0. The van der Waals surface area contributed by atoms with Crippen LogP contribution in [0.1, 0.15) is 13.8 Å². The van der Waals surface area contributed by atoms with Crippen molar-refractivity contribution in [2.45, 2.75) is 25.1 Å². The van der Waals surface area contributed by atoms with Gasteiger partial charge in [0.1, 0.15) is 0 Å². The molecule has 2 atom stereocenters. The Morgan fingerprint density at radius 3 is 2.50 bits per heavy atom. The zero-order valence-corrected chi connectivity index (χ0v) is 7.13. The standard InChI is InChI=1S/C7H13NO4/c1-6(3-9)4-12-7(2,8-6)5(10)11/h8-9H,3-4H2,1-2H3,(H,10,11). The van der Waals surface area contributed by atoms with Crippen molar-refractivity contribution < 1.29 is 19.7 Å². The molecule has 5 nitrogen and oxygen atoms in total. The van der Waals surface area contributed by atoms with Crippen molar-refractivity contribution >= 4 is 5.97 Å². The Morgan fingerprint density at radius 2 is 2.25 bits per heavy atom. The Kier molecular flexibility index (Phi) is 2.11. The molecule has 0 bridgehead atoms. The SMILES string of the molecule is CC1(CO)COC(C)(C(=O)O)N1. The molecular formula is C7H13NO4. The fraction of sp³-hybridized carbons (Fsp3) is 0.857. The number of hydrogen-bond donors (Lipinski definition) is 3. The van der Waals surface area contributed by atoms with Crippen LogP contribution in [0.15, 0.2) is 0 Å². The zero-order chi connectivity index (χ0) is 9.41. The normalized spacial score (nSPS) is 41.6. The number of carbonyl (C=O) groups is 1. The van der Waals surface area contributed by atoms with Crippen molar-refractivity contribution in [3.8, 4) is 0 Å². The van der Waals surface area contributed by atoms with Crippen LogP contribution in [0.3, 0.4) is 0 Å². The Morgan fingerprint density at radius 1 is 1.67 bits per heavy atom. The number of hydrogen-bond acceptors (Lipinski definition) is 4. The molecule has 1 heterocycles. The first-order valence-corrected chi connectivity index (χ1v) is 3.69. The Labute approximate surface area is 70.3 Å². The molecule has 0 spiro atoms. The van der Waals surface area contributed by atoms with E-state index in [9.17, 15) is 4.79 Å². The fourth-order valence-electron chi connectivity index (χ4n) is 1.15. The largest absolute Gasteiger partial charge is 0.478 e. The van der Waals surface area contributed by atoms with Crippen LogP contribution in [0, 0.1) is 0 Å². The summed E-state index contributed by atoms with van der Waals surface area (Å²) in [5, 5.41) is 20.4. The minimum atomic E-state index is -1.36. The number of aliphatic hydroxyl groups excluding tert-OH is 1. The number of nitrogens with one attached hydrogen (secondary N) is 1. The van der Waals surface area contributed by atoms with E-state index in [0.29, 0.717) is 0 Å². The third kappa shape index (κ3) is 1.43. The van der Waals surface area contributed by atoms with Gasteiger partial charge in [-0.25, -0.2) is 4.79 Å². The van der Waals surface area contributed by atoms with E-state index in [0.717, 1.165) is 0 Å². The second kappa shape index (κ2) is 2.69. The maximum atomic E-state index is 10.7. The van der Waals surface area contributed by atoms with Gasteiger partial charge in [0.15, 0.2) is 0 Å². The molecule has 0 aromatic heterocycles. The lowest BCUT2D eigenvalue weighted by atomic mass is 10.1. The summed E-state index contributed by atoms with van der Waals surface area (Å²) in [5.74, 6) is -1.07. The van der Waals surface area contributed by atoms with Crippen LogP contribution in [0.2, 0.25) is 0 Å². The van der Waals surface area contributed by atoms with Gasteiger partial charge in [-0.3, -0.25) is 5.32 Å². The van der Waals surface area contributed by atoms with Gasteiger partial charge in [-0.05, 0) is 13.8 Å². The van der Waals surface area contributed by atoms with Crippen molar-refractivity contribution in [2.75, 3.05) is 13.2 Å². The molecule has 1 rings (SSSR count). The predicted octanol–water partition coefficient (Wildman–Crippen LogP) is -0.842. The van der Waals surface area contributed by atoms with Crippen molar-refractivity contribution in [3.05, 3.63) is 0 Å². The summed E-state index contributed by atoms with van der Waals surface area (Å²) in [6.07, 6.45) is 0. The van der Waals surface area contributed by atoms with Gasteiger partial charge in [0.05, 0.1) is 18.8 Å². The van der Waals surface area contributed by atoms with E-state index in [2.05, 4.69) is 5.32 Å². The number of aliphatic carboxylic acids is 1. The van der Waals surface area contributed by atoms with Crippen LogP contribution in [0.4, 0.5) is 0 Å². The first-order valence-electron chi connectivity index (χ1n) is 3.69. The van der Waals surface area contributed by atoms with E-state index in [1.165, 1.54) is 6.92 Å². The highest BCUT2D eigenvalue weighted by Crippen LogP contribution is 2.22. The Hall–Kier alpha value is -0.650. The summed E-state index contributed by atoms with van der Waals surface area (Å²) in [6.45, 7) is 3.19. The summed E-state index contributed by atoms with van der Waals surface area (Å²) in [5.41, 5.74) is -2.01. The lowest BCUT2D eigenvalue weighted by molar-refractivity contribution is -0.160. The highest BCUT2D eigenvalue weighted by Gasteiger charge is 2.47. The van der Waals surface area contributed by atoms with Crippen molar-refractivity contribution in [1.82, 2.24) is 5.32 Å². The molecule has 70 valence electrons. The lowest BCUT2D eigenvalue weighted by Gasteiger charge is -2.23. The summed E-state index contributed by atoms with van der Waals surface area (Å²) < 4.78 is 5.04. The van der Waals surface area contributed by atoms with Crippen LogP contribution < -0.4 is 5.32 Å². The van der Waals surface area contributed by atoms with Crippen molar-refractivity contribution in [3.63, 3.8) is 0 Å². The fourth-order valence-corrected chi connectivity index (χ4v) is 1.15. The van der Waals surface area contributed by atoms with Crippen LogP contribution in [-0.4, -0.2) is 40.7 Å². The molecule has 1 aliphatic rings. The minimum absolute atomic E-state index is 0.143. The zero-order valence-electron chi connectivity index (χ0n) is 7.13. The second-order valence-corrected chi connectivity index (χ2v) is 3.47. The molecular weight excluding hydrogens is 162 g/mol. The van der Waals surface area contributed by atoms with Gasteiger partial charge in [-0.1, -0.05) is 0 Å². The minimum Gasteiger partial charge on any atom is -0.478 e. The average molecular weight is 175 g/mol. The molecule has 0 radical (unpaired) electrons. The molecule has 0 amide bonds. The maximum Gasteiger partial charge on any atom is 0.351 e. The topological polar surface area (TPSA) is 78.8 Å². The molecule has 1 fully saturated rings. The summed E-state index contributed by atoms with van der Waals surface area (Å²) in [6, 6.07) is 0. The van der Waals surface area contributed by atoms with Gasteiger partial charge in [-0.2, -0.15) is 0 Å². The molecule has 12 heavy (non-hydrogen) atoms. The lowest BCUT2D eigenvalue weighted by Crippen LogP contribution is -2.54. The summed E-state index contributed by atoms with van der Waals surface area (Å²) >= 11 is 0. The van der Waals surface area contributed by atoms with E-state index in [-0.39, 0.29) is 13.2 Å². The van der Waals surface area contributed by atoms with Crippen molar-refractivity contribution in [1.29, 1.82) is 0 Å². The molecule has 0 aliphatic carbocycles. The predicted molar refractivity (Wildman–Crippen MR) is 40.6 cm³/mol. The quantitative estimate of drug-likeness (QED) is 0.510. The second-order valence-electron chi connectivity index (χ2n) is 3.47. The van der Waals surface area contributed by atoms with E-state index in [1.807, 2.05) is 0 Å². The summed E-state index contributed by atoms with van der Waals surface area (Å²) in [4.78, 5) is 10.7. The van der Waals surface area contributed by atoms with Crippen LogP contribution in [0.5, 0.6) is 0 Å². The van der Waals surface area contributed by atoms with E-state index in [1.54, 1.807) is 6.92 Å². The van der Waals surface area contributed by atoms with Gasteiger partial charge in [-0.15, -0.1) is 0 Å². The third-order valence-electron chi connectivity index (χ3n) is 1.98. The number of carboxylic acid groups (broad SMARTS) is 1. The van der Waals surface area contributed by atoms with Gasteiger partial charge < -0.3 is 14.9 Å². The van der Waals surface area contributed by atoms with Crippen LogP contribution in [0.25, 0.3) is 0 Å². The van der Waals surface area contributed by atoms with E-state index >= 15 is 0 Å². The van der Waals surface area contributed by atoms with Gasteiger partial charge in [0.25, 0.3) is 0 Å². The van der Waals surface area contributed by atoms with Gasteiger partial charge >= 0.3 is 5.97 Å². The van der Waals surface area contributed by atoms with Gasteiger partial charge in [0.2, 0.25) is 5.72 Å². The maximum absolute atomic E-state index is 10.7. The van der Waals surface area contributed by atoms with Gasteiger partial charge in [0, 0.05) is 0 Å². The van der Waals surface area contributed by atoms with Crippen LogP contribution in [-0.2, 0) is 9.53 Å². The monoisotopic (exact) mass is 175 g/mol. The molecule has 3 N–H and O–H groups in total. The molecule has 1 aliphatic heterocycles. The number of rotatable bonds is 2. The first-order chi connectivity index (χ1) is 5.42. The molecule has 0 aromatic rings. The number of ether oxygens (including phenoxy) is 1. The van der Waals surface area contributed by atoms with Crippen LogP contribution >= 0.6 is 0 Å². The Balaban J connectivity index is 2.73. The highest BCUT2D eigenvalue weighted by molar-refractivity contribution is 5.76. The third-order valence-corrected chi connectivity index (χ3v) is 1.98. The smallest absolute Gasteiger partial charge is 0.351 e. The van der Waals surface area contributed by atoms with Crippen molar-refractivity contribution in [2.24, 2.45) is 0 Å². The highest BCUT2D eigenvalue weighted by atomic mass is 16.6. The number of carboxylic acids is 1. The Bertz CT molecular complexity index is 208. The average Bonchev–Trinajstić information content (AvgIpc) is 2.30. The van der Waals surface area contributed by atoms with E-state index in [4.69, 9.17) is 14.9 Å². The first kappa shape index (κ1) is 9.44. The molecule has 1 saturated heterocycles.